The van der Waals surface area contributed by atoms with Crippen LogP contribution in [-0.4, -0.2) is 11.2 Å². The number of benzene rings is 2. The maximum absolute atomic E-state index is 5.35. The molecule has 0 bridgehead atoms. The van der Waals surface area contributed by atoms with E-state index in [-0.39, 0.29) is 0 Å². The molecule has 0 radical (unpaired) electrons. The number of aromatic nitrogens is 1. The highest BCUT2D eigenvalue weighted by Crippen LogP contribution is 2.38. The standard InChI is InChI=1S/C25H26N5/c1-17-22(30-27-2)12-13-23-24(17)20-6-3-4-7-21(20)25(29-23)19-10-8-18(9-11-19)16-28-15-5-14-26/h2,5,8-15,30H,3-4,6-7,16,26H2,1H3/q+1/b14-5-,28-15-. The molecule has 1 aliphatic carbocycles. The van der Waals surface area contributed by atoms with Gasteiger partial charge in [-0.15, -0.1) is 0 Å². The number of allylic oxidation sites excluding steroid dienone is 1. The first-order valence-electron chi connectivity index (χ1n) is 10.3. The van der Waals surface area contributed by atoms with Crippen molar-refractivity contribution in [3.8, 4) is 17.8 Å². The number of aryl methyl sites for hydroxylation is 2. The summed E-state index contributed by atoms with van der Waals surface area (Å²) in [7, 11) is 0. The van der Waals surface area contributed by atoms with E-state index in [1.807, 2.05) is 6.07 Å². The number of aliphatic imine (C=N–C) groups is 1. The van der Waals surface area contributed by atoms with Gasteiger partial charge in [0.1, 0.15) is 5.69 Å². The number of fused-ring (bicyclic) bond motifs is 3. The molecule has 1 aliphatic rings. The third kappa shape index (κ3) is 3.77. The fourth-order valence-electron chi connectivity index (χ4n) is 4.27. The molecular weight excluding hydrogens is 370 g/mol. The van der Waals surface area contributed by atoms with Crippen molar-refractivity contribution in [1.82, 2.24) is 4.98 Å². The number of hydrogen-bond acceptors (Lipinski definition) is 4. The Kier molecular flexibility index (Phi) is 5.76. The molecule has 2 aromatic carbocycles. The first-order chi connectivity index (χ1) is 14.7. The Labute approximate surface area is 177 Å². The molecule has 5 nitrogen and oxygen atoms in total. The molecular formula is C25H26N5+. The number of rotatable bonds is 5. The van der Waals surface area contributed by atoms with Crippen LogP contribution in [0.4, 0.5) is 5.69 Å². The molecule has 150 valence electrons. The Hall–Kier alpha value is -3.65. The molecule has 30 heavy (non-hydrogen) atoms. The van der Waals surface area contributed by atoms with Crippen molar-refractivity contribution in [3.05, 3.63) is 75.9 Å². The Morgan fingerprint density at radius 3 is 2.63 bits per heavy atom. The SMILES string of the molecule is C#[N+]Nc1ccc2nc(-c3ccc(C/N=C\C=C/N)cc3)c3c(c2c1C)CCCC3. The van der Waals surface area contributed by atoms with E-state index >= 15 is 0 Å². The molecule has 0 atom stereocenters. The molecule has 0 fully saturated rings. The number of nitrogens with one attached hydrogen (secondary N) is 1. The third-order valence-corrected chi connectivity index (χ3v) is 5.72. The number of pyridine rings is 1. The first-order valence-corrected chi connectivity index (χ1v) is 10.3. The average molecular weight is 397 g/mol. The van der Waals surface area contributed by atoms with Crippen LogP contribution in [0.2, 0.25) is 0 Å². The number of nitrogens with zero attached hydrogens (tertiary/aromatic N) is 3. The van der Waals surface area contributed by atoms with Gasteiger partial charge in [-0.05, 0) is 84.7 Å². The minimum absolute atomic E-state index is 0.634. The Morgan fingerprint density at radius 2 is 1.90 bits per heavy atom. The van der Waals surface area contributed by atoms with Gasteiger partial charge >= 0.3 is 6.57 Å². The van der Waals surface area contributed by atoms with E-state index in [4.69, 9.17) is 17.3 Å². The van der Waals surface area contributed by atoms with E-state index in [2.05, 4.69) is 52.6 Å². The van der Waals surface area contributed by atoms with Crippen molar-refractivity contribution in [2.75, 3.05) is 5.43 Å². The van der Waals surface area contributed by atoms with Crippen molar-refractivity contribution in [2.24, 2.45) is 10.7 Å². The molecule has 3 N–H and O–H groups in total. The first kappa shape index (κ1) is 19.7. The summed E-state index contributed by atoms with van der Waals surface area (Å²) in [6.07, 6.45) is 9.47. The molecule has 0 unspecified atom stereocenters. The smallest absolute Gasteiger partial charge is 0.305 e. The predicted molar refractivity (Wildman–Crippen MR) is 126 cm³/mol. The maximum atomic E-state index is 5.35. The fourth-order valence-corrected chi connectivity index (χ4v) is 4.27. The van der Waals surface area contributed by atoms with Gasteiger partial charge in [0.2, 0.25) is 0 Å². The van der Waals surface area contributed by atoms with Crippen LogP contribution >= 0.6 is 0 Å². The van der Waals surface area contributed by atoms with Gasteiger partial charge in [-0.1, -0.05) is 24.3 Å². The quantitative estimate of drug-likeness (QED) is 0.447. The van der Waals surface area contributed by atoms with Crippen LogP contribution in [-0.2, 0) is 19.4 Å². The summed E-state index contributed by atoms with van der Waals surface area (Å²) in [6, 6.07) is 12.6. The summed E-state index contributed by atoms with van der Waals surface area (Å²) in [5, 5.41) is 1.24. The molecule has 4 rings (SSSR count). The number of anilines is 1. The maximum Gasteiger partial charge on any atom is 0.305 e. The molecule has 3 aromatic rings. The monoisotopic (exact) mass is 396 g/mol. The van der Waals surface area contributed by atoms with E-state index in [0.717, 1.165) is 46.4 Å². The lowest BCUT2D eigenvalue weighted by atomic mass is 9.85. The predicted octanol–water partition coefficient (Wildman–Crippen LogP) is 5.42. The second-order valence-electron chi connectivity index (χ2n) is 7.57. The highest BCUT2D eigenvalue weighted by atomic mass is 15.2. The van der Waals surface area contributed by atoms with Gasteiger partial charge in [0.25, 0.3) is 0 Å². The lowest BCUT2D eigenvalue weighted by molar-refractivity contribution is 0.689. The lowest BCUT2D eigenvalue weighted by Gasteiger charge is -2.22. The van der Waals surface area contributed by atoms with Crippen molar-refractivity contribution in [3.63, 3.8) is 0 Å². The lowest BCUT2D eigenvalue weighted by Crippen LogP contribution is -2.09. The minimum atomic E-state index is 0.634. The molecule has 5 heteroatoms. The van der Waals surface area contributed by atoms with Gasteiger partial charge in [-0.2, -0.15) is 0 Å². The normalized spacial score (nSPS) is 13.6. The molecule has 0 saturated carbocycles. The molecule has 1 heterocycles. The summed E-state index contributed by atoms with van der Waals surface area (Å²) in [5.41, 5.74) is 17.5. The Bertz CT molecular complexity index is 1170. The van der Waals surface area contributed by atoms with Gasteiger partial charge in [0.05, 0.1) is 22.7 Å². The highest BCUT2D eigenvalue weighted by Gasteiger charge is 2.21. The van der Waals surface area contributed by atoms with E-state index in [1.165, 1.54) is 35.6 Å². The number of hydrogen-bond donors (Lipinski definition) is 2. The molecule has 0 saturated heterocycles. The Morgan fingerprint density at radius 1 is 1.13 bits per heavy atom. The van der Waals surface area contributed by atoms with Crippen molar-refractivity contribution >= 4 is 22.8 Å². The zero-order valence-corrected chi connectivity index (χ0v) is 17.2. The fraction of sp³-hybridized carbons (Fsp3) is 0.240. The van der Waals surface area contributed by atoms with E-state index < -0.39 is 0 Å². The Balaban J connectivity index is 1.78. The largest absolute Gasteiger partial charge is 0.405 e. The van der Waals surface area contributed by atoms with Gasteiger partial charge in [0, 0.05) is 17.2 Å². The summed E-state index contributed by atoms with van der Waals surface area (Å²) < 4.78 is 0. The van der Waals surface area contributed by atoms with Crippen molar-refractivity contribution in [1.29, 1.82) is 0 Å². The average Bonchev–Trinajstić information content (AvgIpc) is 2.78. The molecule has 1 aromatic heterocycles. The van der Waals surface area contributed by atoms with Gasteiger partial charge in [-0.3, -0.25) is 4.99 Å². The van der Waals surface area contributed by atoms with Crippen LogP contribution in [0.5, 0.6) is 0 Å². The van der Waals surface area contributed by atoms with Gasteiger partial charge in [0.15, 0.2) is 0 Å². The van der Waals surface area contributed by atoms with Crippen molar-refractivity contribution < 1.29 is 0 Å². The third-order valence-electron chi connectivity index (χ3n) is 5.72. The summed E-state index contributed by atoms with van der Waals surface area (Å²) >= 11 is 0. The van der Waals surface area contributed by atoms with Crippen LogP contribution in [0.15, 0.2) is 53.7 Å². The molecule has 0 amide bonds. The van der Waals surface area contributed by atoms with Gasteiger partial charge in [-0.25, -0.2) is 4.98 Å². The van der Waals surface area contributed by atoms with Crippen LogP contribution in [0.1, 0.15) is 35.1 Å². The summed E-state index contributed by atoms with van der Waals surface area (Å²) in [4.78, 5) is 13.0. The highest BCUT2D eigenvalue weighted by molar-refractivity contribution is 5.93. The summed E-state index contributed by atoms with van der Waals surface area (Å²) in [6.45, 7) is 8.10. The van der Waals surface area contributed by atoms with E-state index in [9.17, 15) is 0 Å². The summed E-state index contributed by atoms with van der Waals surface area (Å²) in [5.74, 6) is 0. The van der Waals surface area contributed by atoms with E-state index in [0.29, 0.717) is 6.54 Å². The van der Waals surface area contributed by atoms with Crippen LogP contribution in [0.25, 0.3) is 27.1 Å². The molecule has 0 aliphatic heterocycles. The second kappa shape index (κ2) is 8.79. The number of nitrogens with two attached hydrogens (primary N) is 1. The topological polar surface area (TPSA) is 67.7 Å². The zero-order valence-electron chi connectivity index (χ0n) is 17.2. The van der Waals surface area contributed by atoms with Crippen molar-refractivity contribution in [2.45, 2.75) is 39.2 Å². The van der Waals surface area contributed by atoms with Crippen LogP contribution < -0.4 is 11.2 Å². The minimum Gasteiger partial charge on any atom is -0.405 e. The molecule has 0 spiro atoms. The zero-order chi connectivity index (χ0) is 20.9. The van der Waals surface area contributed by atoms with E-state index in [1.54, 1.807) is 12.3 Å². The van der Waals surface area contributed by atoms with Gasteiger partial charge < -0.3 is 5.73 Å². The van der Waals surface area contributed by atoms with Crippen LogP contribution in [0, 0.1) is 13.5 Å². The second-order valence-corrected chi connectivity index (χ2v) is 7.57. The van der Waals surface area contributed by atoms with Crippen LogP contribution in [0.3, 0.4) is 0 Å².